The summed E-state index contributed by atoms with van der Waals surface area (Å²) in [6, 6.07) is 4.39. The Balaban J connectivity index is 1.46. The summed E-state index contributed by atoms with van der Waals surface area (Å²) in [7, 11) is 0. The van der Waals surface area contributed by atoms with Crippen LogP contribution in [0.1, 0.15) is 25.7 Å². The summed E-state index contributed by atoms with van der Waals surface area (Å²) >= 11 is 0. The molecule has 0 aromatic heterocycles. The summed E-state index contributed by atoms with van der Waals surface area (Å²) in [6.07, 6.45) is 2.27. The Kier molecular flexibility index (Phi) is 4.90. The Morgan fingerprint density at radius 2 is 2.00 bits per heavy atom. The molecule has 2 amide bonds. The van der Waals surface area contributed by atoms with Gasteiger partial charge in [-0.2, -0.15) is 0 Å². The molecule has 1 aromatic rings. The topological polar surface area (TPSA) is 82.1 Å². The van der Waals surface area contributed by atoms with Gasteiger partial charge < -0.3 is 20.1 Å². The number of hydrogen-bond acceptors (Lipinski definition) is 4. The van der Waals surface area contributed by atoms with Gasteiger partial charge in [-0.05, 0) is 31.7 Å². The number of nitrogens with one attached hydrogen (secondary N) is 1. The van der Waals surface area contributed by atoms with Crippen molar-refractivity contribution in [3.63, 3.8) is 0 Å². The van der Waals surface area contributed by atoms with Crippen LogP contribution in [-0.2, 0) is 4.79 Å². The summed E-state index contributed by atoms with van der Waals surface area (Å²) in [5, 5.41) is 12.4. The highest BCUT2D eigenvalue weighted by Crippen LogP contribution is 2.32. The number of ether oxygens (including phenoxy) is 1. The molecule has 1 atom stereocenters. The molecule has 0 bridgehead atoms. The Morgan fingerprint density at radius 1 is 1.22 bits per heavy atom. The zero-order chi connectivity index (χ0) is 19.0. The molecule has 1 saturated carbocycles. The molecule has 0 unspecified atom stereocenters. The number of urea groups is 1. The van der Waals surface area contributed by atoms with Crippen LogP contribution in [-0.4, -0.2) is 60.3 Å². The molecule has 1 aliphatic carbocycles. The predicted octanol–water partition coefficient (Wildman–Crippen LogP) is 2.06. The van der Waals surface area contributed by atoms with Crippen molar-refractivity contribution in [2.24, 2.45) is 5.92 Å². The summed E-state index contributed by atoms with van der Waals surface area (Å²) in [5.41, 5.74) is 0.503. The Labute approximate surface area is 157 Å². The van der Waals surface area contributed by atoms with Gasteiger partial charge >= 0.3 is 12.0 Å². The van der Waals surface area contributed by atoms with Crippen LogP contribution in [0.4, 0.5) is 14.9 Å². The van der Waals surface area contributed by atoms with Gasteiger partial charge in [-0.1, -0.05) is 0 Å². The quantitative estimate of drug-likeness (QED) is 0.839. The van der Waals surface area contributed by atoms with Gasteiger partial charge in [0.25, 0.3) is 0 Å². The first kappa shape index (κ1) is 18.0. The Hall–Kier alpha value is -2.35. The monoisotopic (exact) mass is 377 g/mol. The lowest BCUT2D eigenvalue weighted by molar-refractivity contribution is -0.143. The van der Waals surface area contributed by atoms with E-state index in [0.717, 1.165) is 13.1 Å². The van der Waals surface area contributed by atoms with Gasteiger partial charge in [-0.3, -0.25) is 9.69 Å². The van der Waals surface area contributed by atoms with E-state index < -0.39 is 11.8 Å². The number of aliphatic carboxylic acids is 1. The number of carboxylic acid groups (broad SMARTS) is 1. The third-order valence-corrected chi connectivity index (χ3v) is 5.71. The molecule has 2 aliphatic heterocycles. The van der Waals surface area contributed by atoms with Crippen LogP contribution in [0.2, 0.25) is 0 Å². The van der Waals surface area contributed by atoms with Crippen molar-refractivity contribution in [2.75, 3.05) is 31.1 Å². The van der Waals surface area contributed by atoms with Crippen LogP contribution >= 0.6 is 0 Å². The van der Waals surface area contributed by atoms with Crippen molar-refractivity contribution in [1.29, 1.82) is 0 Å². The number of rotatable bonds is 4. The molecule has 146 valence electrons. The molecule has 2 N–H and O–H groups in total. The summed E-state index contributed by atoms with van der Waals surface area (Å²) in [5.74, 6) is -1.14. The number of piperazine rings is 1. The van der Waals surface area contributed by atoms with Crippen molar-refractivity contribution < 1.29 is 23.8 Å². The molecular weight excluding hydrogens is 353 g/mol. The second-order valence-corrected chi connectivity index (χ2v) is 7.52. The summed E-state index contributed by atoms with van der Waals surface area (Å²) in [6.45, 7) is 2.70. The summed E-state index contributed by atoms with van der Waals surface area (Å²) < 4.78 is 20.1. The van der Waals surface area contributed by atoms with Crippen LogP contribution in [0.5, 0.6) is 5.75 Å². The first-order valence-electron chi connectivity index (χ1n) is 9.50. The normalized spacial score (nSPS) is 28.2. The highest BCUT2D eigenvalue weighted by Gasteiger charge is 2.39. The van der Waals surface area contributed by atoms with Gasteiger partial charge in [0.2, 0.25) is 0 Å². The van der Waals surface area contributed by atoms with Gasteiger partial charge in [0.15, 0.2) is 0 Å². The number of nitrogens with zero attached hydrogens (tertiary/aromatic N) is 2. The van der Waals surface area contributed by atoms with Crippen LogP contribution in [0.25, 0.3) is 0 Å². The number of halogens is 1. The second-order valence-electron chi connectivity index (χ2n) is 7.52. The first-order valence-corrected chi connectivity index (χ1v) is 9.50. The lowest BCUT2D eigenvalue weighted by atomic mass is 9.87. The molecule has 8 heteroatoms. The standard InChI is InChI=1S/C19H24FN3O4/c20-13-7-14(23-11-15-10-21-5-6-22(15)19(23)26)9-17(8-13)27-16-3-1-12(2-4-16)18(24)25/h7-9,12,15-16,21H,1-6,10-11H2,(H,24,25)/t12?,15-,16?/m0/s1. The highest BCUT2D eigenvalue weighted by atomic mass is 19.1. The molecule has 2 saturated heterocycles. The lowest BCUT2D eigenvalue weighted by Crippen LogP contribution is -2.49. The van der Waals surface area contributed by atoms with Gasteiger partial charge in [0.05, 0.1) is 23.8 Å². The van der Waals surface area contributed by atoms with Crippen molar-refractivity contribution in [1.82, 2.24) is 10.2 Å². The minimum Gasteiger partial charge on any atom is -0.490 e. The predicted molar refractivity (Wildman–Crippen MR) is 96.5 cm³/mol. The fourth-order valence-electron chi connectivity index (χ4n) is 4.23. The minimum absolute atomic E-state index is 0.0972. The van der Waals surface area contributed by atoms with Crippen molar-refractivity contribution in [2.45, 2.75) is 37.8 Å². The Bertz CT molecular complexity index is 736. The van der Waals surface area contributed by atoms with Crippen LogP contribution in [0, 0.1) is 11.7 Å². The zero-order valence-electron chi connectivity index (χ0n) is 15.1. The second kappa shape index (κ2) is 7.34. The molecule has 3 fully saturated rings. The molecule has 7 nitrogen and oxygen atoms in total. The molecule has 3 aliphatic rings. The number of carbonyl (C=O) groups is 2. The van der Waals surface area contributed by atoms with E-state index in [0.29, 0.717) is 50.2 Å². The van der Waals surface area contributed by atoms with Crippen molar-refractivity contribution >= 4 is 17.7 Å². The molecule has 0 spiro atoms. The molecule has 0 radical (unpaired) electrons. The van der Waals surface area contributed by atoms with E-state index in [1.165, 1.54) is 12.1 Å². The highest BCUT2D eigenvalue weighted by molar-refractivity contribution is 5.95. The van der Waals surface area contributed by atoms with Gasteiger partial charge in [0.1, 0.15) is 11.6 Å². The number of benzene rings is 1. The lowest BCUT2D eigenvalue weighted by Gasteiger charge is -2.28. The summed E-state index contributed by atoms with van der Waals surface area (Å²) in [4.78, 5) is 27.1. The van der Waals surface area contributed by atoms with Crippen LogP contribution in [0.15, 0.2) is 18.2 Å². The zero-order valence-corrected chi connectivity index (χ0v) is 15.1. The van der Waals surface area contributed by atoms with Crippen molar-refractivity contribution in [3.8, 4) is 5.75 Å². The first-order chi connectivity index (χ1) is 13.0. The average Bonchev–Trinajstić information content (AvgIpc) is 2.99. The number of fused-ring (bicyclic) bond motifs is 1. The molecule has 4 rings (SSSR count). The SMILES string of the molecule is O=C(O)C1CCC(Oc2cc(F)cc(N3C[C@@H]4CNCCN4C3=O)c2)CC1. The van der Waals surface area contributed by atoms with Crippen LogP contribution < -0.4 is 15.0 Å². The maximum atomic E-state index is 14.2. The van der Waals surface area contributed by atoms with Crippen LogP contribution in [0.3, 0.4) is 0 Å². The maximum Gasteiger partial charge on any atom is 0.324 e. The van der Waals surface area contributed by atoms with E-state index in [1.54, 1.807) is 11.0 Å². The number of carbonyl (C=O) groups excluding carboxylic acids is 1. The fraction of sp³-hybridized carbons (Fsp3) is 0.579. The largest absolute Gasteiger partial charge is 0.490 e. The van der Waals surface area contributed by atoms with Gasteiger partial charge in [-0.25, -0.2) is 9.18 Å². The Morgan fingerprint density at radius 3 is 2.70 bits per heavy atom. The molecule has 27 heavy (non-hydrogen) atoms. The number of amides is 2. The van der Waals surface area contributed by atoms with E-state index in [9.17, 15) is 14.0 Å². The molecular formula is C19H24FN3O4. The number of hydrogen-bond donors (Lipinski definition) is 2. The third kappa shape index (κ3) is 3.71. The van der Waals surface area contributed by atoms with Gasteiger partial charge in [0, 0.05) is 38.3 Å². The van der Waals surface area contributed by atoms with E-state index in [1.807, 2.05) is 4.90 Å². The van der Waals surface area contributed by atoms with Gasteiger partial charge in [-0.15, -0.1) is 0 Å². The van der Waals surface area contributed by atoms with Crippen molar-refractivity contribution in [3.05, 3.63) is 24.0 Å². The third-order valence-electron chi connectivity index (χ3n) is 5.71. The number of carboxylic acids is 1. The van der Waals surface area contributed by atoms with E-state index in [2.05, 4.69) is 5.32 Å². The number of anilines is 1. The van der Waals surface area contributed by atoms with E-state index in [4.69, 9.17) is 9.84 Å². The van der Waals surface area contributed by atoms with E-state index in [-0.39, 0.29) is 24.1 Å². The van der Waals surface area contributed by atoms with E-state index >= 15 is 0 Å². The smallest absolute Gasteiger partial charge is 0.324 e. The minimum atomic E-state index is -0.764. The molecule has 1 aromatic carbocycles. The average molecular weight is 377 g/mol. The molecule has 2 heterocycles. The maximum absolute atomic E-state index is 14.2. The fourth-order valence-corrected chi connectivity index (χ4v) is 4.23.